The van der Waals surface area contributed by atoms with Crippen LogP contribution in [-0.2, 0) is 14.3 Å². The number of carbonyl (C=O) groups is 2. The summed E-state index contributed by atoms with van der Waals surface area (Å²) in [4.78, 5) is 22.4. The lowest BCUT2D eigenvalue weighted by Crippen LogP contribution is -2.06. The van der Waals surface area contributed by atoms with Crippen LogP contribution in [0.1, 0.15) is 23.5 Å². The minimum Gasteiger partial charge on any atom is -0.393 e. The highest BCUT2D eigenvalue weighted by Gasteiger charge is 2.35. The molecule has 0 saturated carbocycles. The molecular weight excluding hydrogens is 260 g/mol. The van der Waals surface area contributed by atoms with Gasteiger partial charge in [0.1, 0.15) is 0 Å². The monoisotopic (exact) mass is 268 g/mol. The lowest BCUT2D eigenvalue weighted by atomic mass is 9.96. The Morgan fingerprint density at radius 2 is 2.13 bits per heavy atom. The number of halogens is 1. The molecular formula is C11H9BrO3. The second kappa shape index (κ2) is 3.77. The minimum absolute atomic E-state index is 0.140. The lowest BCUT2D eigenvalue weighted by Gasteiger charge is -2.08. The van der Waals surface area contributed by atoms with Crippen LogP contribution in [0.15, 0.2) is 22.7 Å². The molecule has 1 aliphatic rings. The van der Waals surface area contributed by atoms with Gasteiger partial charge in [-0.3, -0.25) is 9.59 Å². The van der Waals surface area contributed by atoms with Crippen molar-refractivity contribution in [2.24, 2.45) is 0 Å². The summed E-state index contributed by atoms with van der Waals surface area (Å²) >= 11 is 3.37. The quantitative estimate of drug-likeness (QED) is 0.580. The Bertz CT molecular complexity index is 439. The third-order valence-corrected chi connectivity index (χ3v) is 3.12. The highest BCUT2D eigenvalue weighted by molar-refractivity contribution is 9.10. The molecule has 0 bridgehead atoms. The number of esters is 2. The first-order valence-electron chi connectivity index (χ1n) is 4.58. The Labute approximate surface area is 95.6 Å². The maximum absolute atomic E-state index is 11.4. The molecule has 4 heteroatoms. The Balaban J connectivity index is 2.41. The zero-order chi connectivity index (χ0) is 11.0. The zero-order valence-corrected chi connectivity index (χ0v) is 9.71. The van der Waals surface area contributed by atoms with E-state index in [-0.39, 0.29) is 6.42 Å². The van der Waals surface area contributed by atoms with Crippen LogP contribution in [0.2, 0.25) is 0 Å². The van der Waals surface area contributed by atoms with Crippen molar-refractivity contribution >= 4 is 27.9 Å². The molecule has 1 saturated heterocycles. The second-order valence-corrected chi connectivity index (χ2v) is 4.43. The number of benzene rings is 1. The predicted molar refractivity (Wildman–Crippen MR) is 57.3 cm³/mol. The molecule has 2 rings (SSSR count). The van der Waals surface area contributed by atoms with Crippen molar-refractivity contribution in [3.8, 4) is 0 Å². The van der Waals surface area contributed by atoms with E-state index in [1.54, 1.807) is 0 Å². The van der Waals surface area contributed by atoms with Gasteiger partial charge in [-0.25, -0.2) is 0 Å². The molecule has 0 aromatic heterocycles. The Morgan fingerprint density at radius 3 is 2.73 bits per heavy atom. The first kappa shape index (κ1) is 10.4. The van der Waals surface area contributed by atoms with E-state index in [0.29, 0.717) is 0 Å². The minimum atomic E-state index is -0.452. The van der Waals surface area contributed by atoms with Gasteiger partial charge in [0.05, 0.1) is 12.3 Å². The molecule has 1 aromatic rings. The standard InChI is InChI=1S/C11H9BrO3/c1-6-2-3-9(12)7(4-6)8-5-10(13)15-11(8)14/h2-4,8H,5H2,1H3. The number of ether oxygens (including phenoxy) is 1. The lowest BCUT2D eigenvalue weighted by molar-refractivity contribution is -0.152. The van der Waals surface area contributed by atoms with Crippen molar-refractivity contribution in [2.45, 2.75) is 19.3 Å². The van der Waals surface area contributed by atoms with Crippen molar-refractivity contribution in [3.63, 3.8) is 0 Å². The predicted octanol–water partition coefficient (Wildman–Crippen LogP) is 2.31. The van der Waals surface area contributed by atoms with Gasteiger partial charge in [-0.15, -0.1) is 0 Å². The van der Waals surface area contributed by atoms with Gasteiger partial charge >= 0.3 is 11.9 Å². The summed E-state index contributed by atoms with van der Waals surface area (Å²) in [5.74, 6) is -1.35. The first-order valence-corrected chi connectivity index (χ1v) is 5.38. The smallest absolute Gasteiger partial charge is 0.321 e. The molecule has 1 aromatic carbocycles. The molecule has 1 atom stereocenters. The summed E-state index contributed by atoms with van der Waals surface area (Å²) < 4.78 is 5.36. The Kier molecular flexibility index (Phi) is 2.61. The van der Waals surface area contributed by atoms with Crippen LogP contribution in [0.25, 0.3) is 0 Å². The highest BCUT2D eigenvalue weighted by atomic mass is 79.9. The molecule has 0 aliphatic carbocycles. The van der Waals surface area contributed by atoms with E-state index in [1.165, 1.54) is 0 Å². The number of cyclic esters (lactones) is 2. The zero-order valence-electron chi connectivity index (χ0n) is 8.12. The van der Waals surface area contributed by atoms with Gasteiger partial charge in [-0.2, -0.15) is 0 Å². The topological polar surface area (TPSA) is 43.4 Å². The summed E-state index contributed by atoms with van der Waals surface area (Å²) in [5.41, 5.74) is 1.88. The van der Waals surface area contributed by atoms with E-state index in [2.05, 4.69) is 20.7 Å². The molecule has 15 heavy (non-hydrogen) atoms. The SMILES string of the molecule is Cc1ccc(Br)c(C2CC(=O)OC2=O)c1. The normalized spacial score (nSPS) is 20.5. The molecule has 78 valence electrons. The van der Waals surface area contributed by atoms with E-state index in [0.717, 1.165) is 15.6 Å². The summed E-state index contributed by atoms with van der Waals surface area (Å²) in [7, 11) is 0. The fourth-order valence-electron chi connectivity index (χ4n) is 1.64. The van der Waals surface area contributed by atoms with E-state index >= 15 is 0 Å². The summed E-state index contributed by atoms with van der Waals surface area (Å²) in [5, 5.41) is 0. The van der Waals surface area contributed by atoms with Crippen LogP contribution in [-0.4, -0.2) is 11.9 Å². The van der Waals surface area contributed by atoms with Crippen molar-refractivity contribution in [1.82, 2.24) is 0 Å². The largest absolute Gasteiger partial charge is 0.393 e. The van der Waals surface area contributed by atoms with E-state index < -0.39 is 17.9 Å². The van der Waals surface area contributed by atoms with Crippen LogP contribution < -0.4 is 0 Å². The Hall–Kier alpha value is -1.16. The van der Waals surface area contributed by atoms with Crippen LogP contribution in [0.5, 0.6) is 0 Å². The number of carbonyl (C=O) groups excluding carboxylic acids is 2. The number of hydrogen-bond acceptors (Lipinski definition) is 3. The van der Waals surface area contributed by atoms with Crippen molar-refractivity contribution in [2.75, 3.05) is 0 Å². The van der Waals surface area contributed by atoms with Crippen LogP contribution in [0.4, 0.5) is 0 Å². The maximum Gasteiger partial charge on any atom is 0.321 e. The fraction of sp³-hybridized carbons (Fsp3) is 0.273. The Morgan fingerprint density at radius 1 is 1.40 bits per heavy atom. The molecule has 1 heterocycles. The van der Waals surface area contributed by atoms with Gasteiger partial charge in [0.2, 0.25) is 0 Å². The van der Waals surface area contributed by atoms with Gasteiger partial charge in [0.15, 0.2) is 0 Å². The summed E-state index contributed by atoms with van der Waals surface area (Å²) in [6.45, 7) is 1.94. The third-order valence-electron chi connectivity index (χ3n) is 2.40. The van der Waals surface area contributed by atoms with Crippen molar-refractivity contribution in [3.05, 3.63) is 33.8 Å². The third kappa shape index (κ3) is 1.95. The van der Waals surface area contributed by atoms with Gasteiger partial charge < -0.3 is 4.74 Å². The van der Waals surface area contributed by atoms with Crippen LogP contribution in [0.3, 0.4) is 0 Å². The van der Waals surface area contributed by atoms with Gasteiger partial charge in [-0.1, -0.05) is 33.6 Å². The van der Waals surface area contributed by atoms with E-state index in [4.69, 9.17) is 0 Å². The number of aryl methyl sites for hydroxylation is 1. The molecule has 1 aliphatic heterocycles. The van der Waals surface area contributed by atoms with Gasteiger partial charge in [0, 0.05) is 4.47 Å². The average molecular weight is 269 g/mol. The van der Waals surface area contributed by atoms with Gasteiger partial charge in [0.25, 0.3) is 0 Å². The molecule has 0 radical (unpaired) electrons. The molecule has 1 unspecified atom stereocenters. The maximum atomic E-state index is 11.4. The second-order valence-electron chi connectivity index (χ2n) is 3.57. The van der Waals surface area contributed by atoms with Crippen LogP contribution in [0, 0.1) is 6.92 Å². The molecule has 1 fully saturated rings. The van der Waals surface area contributed by atoms with E-state index in [9.17, 15) is 9.59 Å². The first-order chi connectivity index (χ1) is 7.08. The molecule has 0 amide bonds. The van der Waals surface area contributed by atoms with Gasteiger partial charge in [-0.05, 0) is 18.6 Å². The number of rotatable bonds is 1. The molecule has 3 nitrogen and oxygen atoms in total. The van der Waals surface area contributed by atoms with Crippen LogP contribution >= 0.6 is 15.9 Å². The van der Waals surface area contributed by atoms with Crippen molar-refractivity contribution in [1.29, 1.82) is 0 Å². The van der Waals surface area contributed by atoms with E-state index in [1.807, 2.05) is 25.1 Å². The fourth-order valence-corrected chi connectivity index (χ4v) is 2.17. The highest BCUT2D eigenvalue weighted by Crippen LogP contribution is 2.33. The average Bonchev–Trinajstić information content (AvgIpc) is 2.50. The number of hydrogen-bond donors (Lipinski definition) is 0. The molecule has 0 spiro atoms. The molecule has 0 N–H and O–H groups in total. The summed E-state index contributed by atoms with van der Waals surface area (Å²) in [6, 6.07) is 5.71. The van der Waals surface area contributed by atoms with Crippen molar-refractivity contribution < 1.29 is 14.3 Å². The summed E-state index contributed by atoms with van der Waals surface area (Å²) in [6.07, 6.45) is 0.140.